The summed E-state index contributed by atoms with van der Waals surface area (Å²) in [4.78, 5) is 29.0. The number of halogens is 2. The number of anilines is 1. The number of ether oxygens (including phenoxy) is 2. The molecule has 1 atom stereocenters. The van der Waals surface area contributed by atoms with E-state index in [0.29, 0.717) is 35.7 Å². The second-order valence-corrected chi connectivity index (χ2v) is 13.3. The van der Waals surface area contributed by atoms with Gasteiger partial charge in [-0.15, -0.1) is 11.3 Å². The standard InChI is InChI=1S/C36H37F2N7O3S/c1-5-31(46)44-21-25-18-28(41-45(25)20-22(44)2)35-33(32-27(38)16-24(37)17-29(32)48-14-13-47-4)36-26(8-15-49-36)34(40-35)23-6-7-30(39-19-23)43-11-9-42(3)10-12-43/h5-8,15-19,22H,1,9-14,20-21H2,2-4H3. The van der Waals surface area contributed by atoms with Crippen molar-refractivity contribution in [3.8, 4) is 39.5 Å². The van der Waals surface area contributed by atoms with Gasteiger partial charge in [0.2, 0.25) is 5.91 Å². The molecular formula is C36H37F2N7O3S. The maximum atomic E-state index is 16.1. The maximum absolute atomic E-state index is 16.1. The summed E-state index contributed by atoms with van der Waals surface area (Å²) < 4.78 is 44.4. The molecule has 49 heavy (non-hydrogen) atoms. The van der Waals surface area contributed by atoms with Crippen molar-refractivity contribution < 1.29 is 23.0 Å². The lowest BCUT2D eigenvalue weighted by Gasteiger charge is -2.33. The van der Waals surface area contributed by atoms with Crippen molar-refractivity contribution in [3.05, 3.63) is 78.0 Å². The molecule has 1 amide bonds. The minimum atomic E-state index is -0.781. The molecule has 7 rings (SSSR count). The highest BCUT2D eigenvalue weighted by molar-refractivity contribution is 7.18. The van der Waals surface area contributed by atoms with Crippen LogP contribution in [0.4, 0.5) is 14.6 Å². The third-order valence-corrected chi connectivity index (χ3v) is 10.1. The Labute approximate surface area is 287 Å². The van der Waals surface area contributed by atoms with Crippen LogP contribution in [-0.2, 0) is 22.6 Å². The molecule has 0 N–H and O–H groups in total. The van der Waals surface area contributed by atoms with Gasteiger partial charge in [0.1, 0.15) is 41.2 Å². The van der Waals surface area contributed by atoms with E-state index in [1.807, 2.05) is 47.4 Å². The number of nitrogens with zero attached hydrogens (tertiary/aromatic N) is 7. The minimum Gasteiger partial charge on any atom is -0.490 e. The molecule has 0 spiro atoms. The Morgan fingerprint density at radius 2 is 1.90 bits per heavy atom. The fraction of sp³-hybridized carbons (Fsp3) is 0.333. The number of rotatable bonds is 9. The highest BCUT2D eigenvalue weighted by atomic mass is 32.1. The fourth-order valence-electron chi connectivity index (χ4n) is 6.50. The Balaban J connectivity index is 1.41. The molecule has 1 aromatic carbocycles. The van der Waals surface area contributed by atoms with E-state index in [9.17, 15) is 9.18 Å². The first kappa shape index (κ1) is 32.8. The molecule has 1 unspecified atom stereocenters. The van der Waals surface area contributed by atoms with Crippen LogP contribution in [0, 0.1) is 11.6 Å². The van der Waals surface area contributed by atoms with E-state index >= 15 is 4.39 Å². The number of thiophene rings is 1. The van der Waals surface area contributed by atoms with Gasteiger partial charge in [-0.3, -0.25) is 9.48 Å². The normalized spacial score (nSPS) is 16.6. The molecule has 0 radical (unpaired) electrons. The van der Waals surface area contributed by atoms with Crippen LogP contribution in [0.1, 0.15) is 12.6 Å². The van der Waals surface area contributed by atoms with E-state index in [0.717, 1.165) is 59.4 Å². The molecule has 0 bridgehead atoms. The van der Waals surface area contributed by atoms with Crippen molar-refractivity contribution >= 4 is 33.1 Å². The van der Waals surface area contributed by atoms with E-state index in [1.165, 1.54) is 30.6 Å². The highest BCUT2D eigenvalue weighted by Crippen LogP contribution is 2.47. The monoisotopic (exact) mass is 685 g/mol. The molecule has 5 aromatic rings. The average Bonchev–Trinajstić information content (AvgIpc) is 3.75. The van der Waals surface area contributed by atoms with Crippen LogP contribution in [0.2, 0.25) is 0 Å². The Hall–Kier alpha value is -4.72. The molecule has 2 aliphatic rings. The van der Waals surface area contributed by atoms with Crippen molar-refractivity contribution in [2.75, 3.05) is 58.5 Å². The summed E-state index contributed by atoms with van der Waals surface area (Å²) in [6.45, 7) is 10.5. The number of carbonyl (C=O) groups is 1. The summed E-state index contributed by atoms with van der Waals surface area (Å²) in [5.41, 5.74) is 3.71. The Morgan fingerprint density at radius 1 is 1.08 bits per heavy atom. The largest absolute Gasteiger partial charge is 0.490 e. The Morgan fingerprint density at radius 3 is 2.63 bits per heavy atom. The van der Waals surface area contributed by atoms with Gasteiger partial charge < -0.3 is 24.2 Å². The first-order valence-corrected chi connectivity index (χ1v) is 17.1. The summed E-state index contributed by atoms with van der Waals surface area (Å²) >= 11 is 1.43. The van der Waals surface area contributed by atoms with Gasteiger partial charge in [0.15, 0.2) is 0 Å². The zero-order valence-electron chi connectivity index (χ0n) is 27.7. The summed E-state index contributed by atoms with van der Waals surface area (Å²) in [6, 6.07) is 9.78. The third kappa shape index (κ3) is 6.29. The molecule has 10 nitrogen and oxygen atoms in total. The highest BCUT2D eigenvalue weighted by Gasteiger charge is 2.30. The number of hydrogen-bond acceptors (Lipinski definition) is 9. The van der Waals surface area contributed by atoms with Crippen LogP contribution in [0.15, 0.2) is 60.6 Å². The minimum absolute atomic E-state index is 0.0404. The summed E-state index contributed by atoms with van der Waals surface area (Å²) in [5, 5.41) is 7.68. The first-order chi connectivity index (χ1) is 23.7. The molecule has 1 fully saturated rings. The zero-order valence-corrected chi connectivity index (χ0v) is 28.5. The van der Waals surface area contributed by atoms with E-state index < -0.39 is 11.6 Å². The first-order valence-electron chi connectivity index (χ1n) is 16.2. The van der Waals surface area contributed by atoms with E-state index in [2.05, 4.69) is 23.4 Å². The van der Waals surface area contributed by atoms with Crippen molar-refractivity contribution in [2.45, 2.75) is 26.1 Å². The zero-order chi connectivity index (χ0) is 34.2. The number of benzene rings is 1. The molecule has 0 saturated carbocycles. The van der Waals surface area contributed by atoms with Gasteiger partial charge in [-0.1, -0.05) is 6.58 Å². The van der Waals surface area contributed by atoms with Crippen molar-refractivity contribution in [3.63, 3.8) is 0 Å². The lowest BCUT2D eigenvalue weighted by atomic mass is 9.96. The quantitative estimate of drug-likeness (QED) is 0.141. The maximum Gasteiger partial charge on any atom is 0.246 e. The average molecular weight is 686 g/mol. The van der Waals surface area contributed by atoms with Gasteiger partial charge >= 0.3 is 0 Å². The number of piperazine rings is 1. The van der Waals surface area contributed by atoms with Gasteiger partial charge in [-0.05, 0) is 49.7 Å². The molecule has 1 saturated heterocycles. The van der Waals surface area contributed by atoms with Crippen molar-refractivity contribution in [2.24, 2.45) is 0 Å². The van der Waals surface area contributed by atoms with Crippen LogP contribution in [0.3, 0.4) is 0 Å². The summed E-state index contributed by atoms with van der Waals surface area (Å²) in [5.74, 6) is -0.764. The van der Waals surface area contributed by atoms with Crippen LogP contribution < -0.4 is 9.64 Å². The lowest BCUT2D eigenvalue weighted by molar-refractivity contribution is -0.129. The van der Waals surface area contributed by atoms with Gasteiger partial charge in [-0.25, -0.2) is 18.7 Å². The lowest BCUT2D eigenvalue weighted by Crippen LogP contribution is -2.44. The SMILES string of the molecule is C=CC(=O)N1Cc2cc(-c3nc(-c4ccc(N5CCN(C)CC5)nc4)c4ccsc4c3-c3c(F)cc(F)cc3OCCOC)nn2CC1C. The number of fused-ring (bicyclic) bond motifs is 2. The molecular weight excluding hydrogens is 649 g/mol. The molecule has 6 heterocycles. The summed E-state index contributed by atoms with van der Waals surface area (Å²) in [7, 11) is 3.65. The number of amides is 1. The Bertz CT molecular complexity index is 2020. The number of hydrogen-bond donors (Lipinski definition) is 0. The van der Waals surface area contributed by atoms with E-state index in [4.69, 9.17) is 24.5 Å². The third-order valence-electron chi connectivity index (χ3n) is 9.14. The van der Waals surface area contributed by atoms with Crippen molar-refractivity contribution in [1.82, 2.24) is 29.5 Å². The number of carbonyl (C=O) groups excluding carboxylic acids is 1. The number of methoxy groups -OCH3 is 1. The van der Waals surface area contributed by atoms with Crippen molar-refractivity contribution in [1.29, 1.82) is 0 Å². The second kappa shape index (κ2) is 13.7. The molecule has 13 heteroatoms. The second-order valence-electron chi connectivity index (χ2n) is 12.4. The van der Waals surface area contributed by atoms with Crippen LogP contribution in [0.5, 0.6) is 5.75 Å². The van der Waals surface area contributed by atoms with Crippen LogP contribution >= 0.6 is 11.3 Å². The van der Waals surface area contributed by atoms with Gasteiger partial charge in [0.05, 0.1) is 36.6 Å². The molecule has 2 aliphatic heterocycles. The smallest absolute Gasteiger partial charge is 0.246 e. The van der Waals surface area contributed by atoms with E-state index in [-0.39, 0.29) is 36.5 Å². The number of aromatic nitrogens is 4. The molecule has 0 aliphatic carbocycles. The van der Waals surface area contributed by atoms with E-state index in [1.54, 1.807) is 4.90 Å². The number of likely N-dealkylation sites (N-methyl/N-ethyl adjacent to an activating group) is 1. The van der Waals surface area contributed by atoms with Gasteiger partial charge in [0, 0.05) is 78.9 Å². The predicted molar refractivity (Wildman–Crippen MR) is 187 cm³/mol. The molecule has 4 aromatic heterocycles. The van der Waals surface area contributed by atoms with Crippen LogP contribution in [-0.4, -0.2) is 95.0 Å². The van der Waals surface area contributed by atoms with Gasteiger partial charge in [0.25, 0.3) is 0 Å². The van der Waals surface area contributed by atoms with Gasteiger partial charge in [-0.2, -0.15) is 5.10 Å². The number of pyridine rings is 2. The van der Waals surface area contributed by atoms with Crippen LogP contribution in [0.25, 0.3) is 43.9 Å². The molecule has 254 valence electrons. The topological polar surface area (TPSA) is 88.9 Å². The summed E-state index contributed by atoms with van der Waals surface area (Å²) in [6.07, 6.45) is 3.14. The predicted octanol–water partition coefficient (Wildman–Crippen LogP) is 5.86. The fourth-order valence-corrected chi connectivity index (χ4v) is 7.45. The Kier molecular flexibility index (Phi) is 9.14.